The minimum Gasteiger partial charge on any atom is -0.462 e. The lowest BCUT2D eigenvalue weighted by atomic mass is 10.2. The summed E-state index contributed by atoms with van der Waals surface area (Å²) in [6.07, 6.45) is 2.50. The highest BCUT2D eigenvalue weighted by Gasteiger charge is 2.15. The van der Waals surface area contributed by atoms with Crippen molar-refractivity contribution in [2.24, 2.45) is 0 Å². The third-order valence-corrected chi connectivity index (χ3v) is 1.34. The Morgan fingerprint density at radius 2 is 1.82 bits per heavy atom. The van der Waals surface area contributed by atoms with Crippen LogP contribution >= 0.6 is 11.6 Å². The minimum atomic E-state index is -0.318. The zero-order valence-corrected chi connectivity index (χ0v) is 8.02. The van der Waals surface area contributed by atoms with Crippen molar-refractivity contribution in [3.8, 4) is 0 Å². The van der Waals surface area contributed by atoms with E-state index in [-0.39, 0.29) is 5.60 Å². The number of halogens is 1. The monoisotopic (exact) mass is 178 g/mol. The van der Waals surface area contributed by atoms with Crippen LogP contribution in [0.3, 0.4) is 0 Å². The maximum atomic E-state index is 9.60. The van der Waals surface area contributed by atoms with Gasteiger partial charge in [-0.2, -0.15) is 0 Å². The maximum absolute atomic E-state index is 9.60. The van der Waals surface area contributed by atoms with E-state index in [0.717, 1.165) is 0 Å². The van der Waals surface area contributed by atoms with E-state index >= 15 is 0 Å². The first-order valence-electron chi connectivity index (χ1n) is 3.71. The summed E-state index contributed by atoms with van der Waals surface area (Å²) >= 11 is 5.39. The van der Waals surface area contributed by atoms with Crippen LogP contribution in [0.25, 0.3) is 0 Å². The molecule has 1 saturated carbocycles. The molecule has 0 atom stereocenters. The van der Waals surface area contributed by atoms with E-state index in [1.54, 1.807) is 0 Å². The molecule has 0 radical (unpaired) electrons. The third-order valence-electron chi connectivity index (χ3n) is 0.909. The topological polar surface area (TPSA) is 26.3 Å². The molecular weight excluding hydrogens is 164 g/mol. The molecular formula is C8H15ClO2. The fourth-order valence-electron chi connectivity index (χ4n) is 0.207. The average Bonchev–Trinajstić information content (AvgIpc) is 2.48. The van der Waals surface area contributed by atoms with Gasteiger partial charge >= 0.3 is 0 Å². The van der Waals surface area contributed by atoms with Crippen LogP contribution < -0.4 is 0 Å². The van der Waals surface area contributed by atoms with Crippen molar-refractivity contribution in [1.82, 2.24) is 0 Å². The van der Waals surface area contributed by atoms with Crippen LogP contribution in [0.1, 0.15) is 33.6 Å². The van der Waals surface area contributed by atoms with Crippen molar-refractivity contribution >= 4 is 18.1 Å². The number of hydrogen-bond acceptors (Lipinski definition) is 2. The molecule has 1 aliphatic carbocycles. The lowest BCUT2D eigenvalue weighted by Gasteiger charge is -2.14. The molecule has 0 aromatic heterocycles. The maximum Gasteiger partial charge on any atom is 0.293 e. The van der Waals surface area contributed by atoms with Gasteiger partial charge in [0.05, 0.1) is 0 Å². The summed E-state index contributed by atoms with van der Waals surface area (Å²) < 4.78 is 4.55. The normalized spacial score (nSPS) is 16.4. The zero-order chi connectivity index (χ0) is 8.91. The Labute approximate surface area is 72.9 Å². The summed E-state index contributed by atoms with van der Waals surface area (Å²) in [5.74, 6) is 0. The second-order valence-corrected chi connectivity index (χ2v) is 4.12. The summed E-state index contributed by atoms with van der Waals surface area (Å²) in [7, 11) is 0. The van der Waals surface area contributed by atoms with Gasteiger partial charge in [-0.25, -0.2) is 0 Å². The third kappa shape index (κ3) is 12.9. The van der Waals surface area contributed by atoms with Crippen molar-refractivity contribution < 1.29 is 9.53 Å². The molecule has 0 amide bonds. The van der Waals surface area contributed by atoms with Crippen molar-refractivity contribution in [2.45, 2.75) is 44.6 Å². The number of carbonyl (C=O) groups excluding carboxylic acids is 1. The van der Waals surface area contributed by atoms with Crippen LogP contribution in [-0.4, -0.2) is 17.5 Å². The molecule has 66 valence electrons. The van der Waals surface area contributed by atoms with Crippen LogP contribution in [-0.2, 0) is 9.53 Å². The van der Waals surface area contributed by atoms with Gasteiger partial charge in [0.2, 0.25) is 0 Å². The van der Waals surface area contributed by atoms with Gasteiger partial charge in [0.1, 0.15) is 5.60 Å². The van der Waals surface area contributed by atoms with Crippen LogP contribution in [0.4, 0.5) is 0 Å². The predicted molar refractivity (Wildman–Crippen MR) is 45.8 cm³/mol. The Balaban J connectivity index is 0.000000207. The molecule has 3 heteroatoms. The Hall–Kier alpha value is -0.240. The number of carbonyl (C=O) groups is 1. The van der Waals surface area contributed by atoms with Gasteiger partial charge < -0.3 is 4.74 Å². The minimum absolute atomic E-state index is 0.318. The Morgan fingerprint density at radius 3 is 1.82 bits per heavy atom. The Bertz CT molecular complexity index is 114. The quantitative estimate of drug-likeness (QED) is 0.455. The van der Waals surface area contributed by atoms with Crippen molar-refractivity contribution in [3.05, 3.63) is 0 Å². The van der Waals surface area contributed by atoms with Crippen molar-refractivity contribution in [3.63, 3.8) is 0 Å². The molecule has 0 aromatic rings. The largest absolute Gasteiger partial charge is 0.462 e. The predicted octanol–water partition coefficient (Wildman–Crippen LogP) is 2.35. The molecule has 0 unspecified atom stereocenters. The highest BCUT2D eigenvalue weighted by Crippen LogP contribution is 2.25. The molecule has 11 heavy (non-hydrogen) atoms. The molecule has 0 spiro atoms. The van der Waals surface area contributed by atoms with E-state index in [2.05, 4.69) is 4.74 Å². The van der Waals surface area contributed by atoms with E-state index in [1.165, 1.54) is 12.8 Å². The highest BCUT2D eigenvalue weighted by molar-refractivity contribution is 6.22. The van der Waals surface area contributed by atoms with Gasteiger partial charge in [0, 0.05) is 5.38 Å². The molecule has 0 aliphatic heterocycles. The summed E-state index contributed by atoms with van der Waals surface area (Å²) in [5, 5.41) is 0.556. The van der Waals surface area contributed by atoms with E-state index in [1.807, 2.05) is 20.8 Å². The molecule has 1 aliphatic rings. The number of rotatable bonds is 1. The van der Waals surface area contributed by atoms with Gasteiger partial charge in [-0.3, -0.25) is 4.79 Å². The van der Waals surface area contributed by atoms with Gasteiger partial charge in [-0.1, -0.05) is 0 Å². The van der Waals surface area contributed by atoms with E-state index in [4.69, 9.17) is 11.6 Å². The van der Waals surface area contributed by atoms with Crippen LogP contribution in [0.15, 0.2) is 0 Å². The molecule has 1 rings (SSSR count). The number of hydrogen-bond donors (Lipinski definition) is 0. The van der Waals surface area contributed by atoms with Crippen molar-refractivity contribution in [2.75, 3.05) is 0 Å². The average molecular weight is 179 g/mol. The SMILES string of the molecule is CC(C)(C)OC=O.ClC1CC1. The molecule has 0 heterocycles. The molecule has 0 aromatic carbocycles. The van der Waals surface area contributed by atoms with Crippen LogP contribution in [0.5, 0.6) is 0 Å². The number of ether oxygens (including phenoxy) is 1. The second-order valence-electron chi connectivity index (χ2n) is 3.50. The molecule has 2 nitrogen and oxygen atoms in total. The second kappa shape index (κ2) is 4.60. The first kappa shape index (κ1) is 10.8. The lowest BCUT2D eigenvalue weighted by Crippen LogP contribution is -2.17. The summed E-state index contributed by atoms with van der Waals surface area (Å²) in [4.78, 5) is 9.60. The Morgan fingerprint density at radius 1 is 1.45 bits per heavy atom. The summed E-state index contributed by atoms with van der Waals surface area (Å²) in [6, 6.07) is 0. The van der Waals surface area contributed by atoms with Crippen LogP contribution in [0, 0.1) is 0 Å². The fraction of sp³-hybridized carbons (Fsp3) is 0.875. The molecule has 0 bridgehead atoms. The standard InChI is InChI=1S/C5H10O2.C3H5Cl/c1-5(2,3)7-4-6;4-3-1-2-3/h4H,1-3H3;3H,1-2H2. The van der Waals surface area contributed by atoms with Crippen molar-refractivity contribution in [1.29, 1.82) is 0 Å². The van der Waals surface area contributed by atoms with Gasteiger partial charge in [-0.15, -0.1) is 11.6 Å². The summed E-state index contributed by atoms with van der Waals surface area (Å²) in [5.41, 5.74) is -0.318. The van der Waals surface area contributed by atoms with Gasteiger partial charge in [0.15, 0.2) is 0 Å². The van der Waals surface area contributed by atoms with E-state index in [9.17, 15) is 4.79 Å². The first-order valence-corrected chi connectivity index (χ1v) is 4.15. The number of alkyl halides is 1. The smallest absolute Gasteiger partial charge is 0.293 e. The zero-order valence-electron chi connectivity index (χ0n) is 7.26. The first-order chi connectivity index (χ1) is 4.95. The summed E-state index contributed by atoms with van der Waals surface area (Å²) in [6.45, 7) is 5.92. The van der Waals surface area contributed by atoms with Crippen LogP contribution in [0.2, 0.25) is 0 Å². The Kier molecular flexibility index (Phi) is 4.50. The van der Waals surface area contributed by atoms with Gasteiger partial charge in [-0.05, 0) is 33.6 Å². The fourth-order valence-corrected chi connectivity index (χ4v) is 0.333. The molecule has 0 saturated heterocycles. The lowest BCUT2D eigenvalue weighted by molar-refractivity contribution is -0.138. The molecule has 1 fully saturated rings. The highest BCUT2D eigenvalue weighted by atomic mass is 35.5. The van der Waals surface area contributed by atoms with Gasteiger partial charge in [0.25, 0.3) is 6.47 Å². The van der Waals surface area contributed by atoms with E-state index < -0.39 is 0 Å². The van der Waals surface area contributed by atoms with E-state index in [0.29, 0.717) is 11.8 Å². The molecule has 0 N–H and O–H groups in total.